The Kier molecular flexibility index (Phi) is 8.29. The second-order valence-corrected chi connectivity index (χ2v) is 9.14. The normalized spacial score (nSPS) is 21.8. The monoisotopic (exact) mass is 442 g/mol. The van der Waals surface area contributed by atoms with Gasteiger partial charge in [-0.2, -0.15) is 0 Å². The molecule has 32 heavy (non-hydrogen) atoms. The summed E-state index contributed by atoms with van der Waals surface area (Å²) in [6, 6.07) is 8.31. The Balaban J connectivity index is 1.78. The highest BCUT2D eigenvalue weighted by atomic mass is 16.3. The lowest BCUT2D eigenvalue weighted by Crippen LogP contribution is -2.48. The zero-order valence-corrected chi connectivity index (χ0v) is 19.6. The third-order valence-corrected chi connectivity index (χ3v) is 6.84. The number of aryl methyl sites for hydroxylation is 1. The van der Waals surface area contributed by atoms with Gasteiger partial charge in [0, 0.05) is 19.6 Å². The highest BCUT2D eigenvalue weighted by Crippen LogP contribution is 2.39. The van der Waals surface area contributed by atoms with Crippen LogP contribution >= 0.6 is 0 Å². The van der Waals surface area contributed by atoms with E-state index in [0.717, 1.165) is 50.5 Å². The number of nitrogens with two attached hydrogens (primary N) is 1. The first-order valence-corrected chi connectivity index (χ1v) is 12.1. The summed E-state index contributed by atoms with van der Waals surface area (Å²) in [5.74, 6) is 0.306. The lowest BCUT2D eigenvalue weighted by molar-refractivity contribution is -0.136. The first-order chi connectivity index (χ1) is 15.4. The van der Waals surface area contributed by atoms with Gasteiger partial charge in [-0.25, -0.2) is 4.99 Å². The van der Waals surface area contributed by atoms with E-state index in [4.69, 9.17) is 15.8 Å². The first-order valence-electron chi connectivity index (χ1n) is 12.1. The number of hydrogen-bond donors (Lipinski definition) is 2. The van der Waals surface area contributed by atoms with Crippen LogP contribution in [0.1, 0.15) is 69.9 Å². The van der Waals surface area contributed by atoms with E-state index in [2.05, 4.69) is 26.0 Å². The quantitative estimate of drug-likeness (QED) is 0.582. The molecule has 0 saturated carbocycles. The van der Waals surface area contributed by atoms with Crippen LogP contribution in [0.2, 0.25) is 0 Å². The Morgan fingerprint density at radius 2 is 1.94 bits per heavy atom. The molecule has 1 saturated heterocycles. The number of carbonyl (C=O) groups is 2. The summed E-state index contributed by atoms with van der Waals surface area (Å²) in [5, 5.41) is 9.08. The minimum atomic E-state index is -0.935. The van der Waals surface area contributed by atoms with E-state index in [9.17, 15) is 9.59 Å². The van der Waals surface area contributed by atoms with Gasteiger partial charge >= 0.3 is 0 Å². The maximum Gasteiger partial charge on any atom is 0.261 e. The van der Waals surface area contributed by atoms with Crippen molar-refractivity contribution in [2.75, 3.05) is 26.2 Å². The summed E-state index contributed by atoms with van der Waals surface area (Å²) in [6.07, 6.45) is 7.36. The SMILES string of the molecule is CCCCc1cccc(C2(CCCC)N=C(N)N(CC3CCN(C(=O)CO)CC3)C2=O)c1. The Morgan fingerprint density at radius 1 is 1.22 bits per heavy atom. The van der Waals surface area contributed by atoms with Gasteiger partial charge < -0.3 is 15.7 Å². The lowest BCUT2D eigenvalue weighted by Gasteiger charge is -2.34. The topological polar surface area (TPSA) is 99.2 Å². The van der Waals surface area contributed by atoms with Crippen LogP contribution in [-0.2, 0) is 21.5 Å². The maximum atomic E-state index is 13.8. The van der Waals surface area contributed by atoms with Gasteiger partial charge in [0.1, 0.15) is 6.61 Å². The molecule has 7 nitrogen and oxygen atoms in total. The molecule has 2 aliphatic heterocycles. The van der Waals surface area contributed by atoms with Crippen molar-refractivity contribution in [2.45, 2.75) is 70.8 Å². The van der Waals surface area contributed by atoms with E-state index in [-0.39, 0.29) is 17.7 Å². The van der Waals surface area contributed by atoms with Crippen molar-refractivity contribution in [3.05, 3.63) is 35.4 Å². The summed E-state index contributed by atoms with van der Waals surface area (Å²) < 4.78 is 0. The zero-order valence-electron chi connectivity index (χ0n) is 19.6. The number of amides is 2. The van der Waals surface area contributed by atoms with Crippen molar-refractivity contribution in [2.24, 2.45) is 16.6 Å². The number of nitrogens with zero attached hydrogens (tertiary/aromatic N) is 3. The molecule has 3 rings (SSSR count). The van der Waals surface area contributed by atoms with E-state index in [1.165, 1.54) is 5.56 Å². The van der Waals surface area contributed by atoms with Crippen LogP contribution in [0.25, 0.3) is 0 Å². The molecule has 1 unspecified atom stereocenters. The standard InChI is InChI=1S/C25H38N4O3/c1-3-5-8-19-9-7-10-21(16-19)25(13-6-4-2)23(32)29(24(26)27-25)17-20-11-14-28(15-12-20)22(31)18-30/h7,9-10,16,20,30H,3-6,8,11-15,17-18H2,1-2H3,(H2,26,27). The smallest absolute Gasteiger partial charge is 0.261 e. The van der Waals surface area contributed by atoms with Gasteiger partial charge in [-0.3, -0.25) is 14.5 Å². The molecule has 3 N–H and O–H groups in total. The minimum Gasteiger partial charge on any atom is -0.387 e. The molecule has 7 heteroatoms. The molecule has 0 spiro atoms. The van der Waals surface area contributed by atoms with Crippen molar-refractivity contribution in [1.82, 2.24) is 9.80 Å². The summed E-state index contributed by atoms with van der Waals surface area (Å²) in [4.78, 5) is 33.7. The fourth-order valence-corrected chi connectivity index (χ4v) is 4.82. The van der Waals surface area contributed by atoms with Gasteiger partial charge in [0.25, 0.3) is 5.91 Å². The predicted molar refractivity (Wildman–Crippen MR) is 126 cm³/mol. The Hall–Kier alpha value is -2.41. The molecule has 0 radical (unpaired) electrons. The van der Waals surface area contributed by atoms with E-state index >= 15 is 0 Å². The molecule has 0 bridgehead atoms. The number of benzene rings is 1. The largest absolute Gasteiger partial charge is 0.387 e. The summed E-state index contributed by atoms with van der Waals surface area (Å²) in [6.45, 7) is 5.58. The van der Waals surface area contributed by atoms with Gasteiger partial charge in [0.2, 0.25) is 5.91 Å². The molecule has 2 aliphatic rings. The highest BCUT2D eigenvalue weighted by Gasteiger charge is 2.49. The molecule has 1 aromatic carbocycles. The van der Waals surface area contributed by atoms with Crippen LogP contribution in [0.5, 0.6) is 0 Å². The first kappa shape index (κ1) is 24.2. The summed E-state index contributed by atoms with van der Waals surface area (Å²) >= 11 is 0. The van der Waals surface area contributed by atoms with E-state index < -0.39 is 12.1 Å². The van der Waals surface area contributed by atoms with Crippen molar-refractivity contribution in [3.63, 3.8) is 0 Å². The number of aliphatic imine (C=N–C) groups is 1. The summed E-state index contributed by atoms with van der Waals surface area (Å²) in [5.41, 5.74) is 7.59. The fourth-order valence-electron chi connectivity index (χ4n) is 4.82. The van der Waals surface area contributed by atoms with Crippen molar-refractivity contribution < 1.29 is 14.7 Å². The molecule has 176 valence electrons. The minimum absolute atomic E-state index is 0.0232. The summed E-state index contributed by atoms with van der Waals surface area (Å²) in [7, 11) is 0. The molecule has 2 heterocycles. The van der Waals surface area contributed by atoms with Crippen LogP contribution in [-0.4, -0.2) is 58.9 Å². The van der Waals surface area contributed by atoms with Gasteiger partial charge in [-0.15, -0.1) is 0 Å². The molecular weight excluding hydrogens is 404 g/mol. The average molecular weight is 443 g/mol. The van der Waals surface area contributed by atoms with Gasteiger partial charge in [-0.05, 0) is 49.1 Å². The molecular formula is C25H38N4O3. The number of aliphatic hydroxyl groups is 1. The van der Waals surface area contributed by atoms with Gasteiger partial charge in [0.15, 0.2) is 11.5 Å². The fraction of sp³-hybridized carbons (Fsp3) is 0.640. The number of rotatable bonds is 10. The van der Waals surface area contributed by atoms with Crippen LogP contribution in [0.4, 0.5) is 0 Å². The zero-order chi connectivity index (χ0) is 23.1. The number of carbonyl (C=O) groups excluding carboxylic acids is 2. The number of likely N-dealkylation sites (tertiary alicyclic amines) is 1. The molecule has 2 amide bonds. The predicted octanol–water partition coefficient (Wildman–Crippen LogP) is 2.80. The maximum absolute atomic E-state index is 13.8. The third kappa shape index (κ3) is 5.14. The van der Waals surface area contributed by atoms with E-state index in [1.54, 1.807) is 9.80 Å². The van der Waals surface area contributed by atoms with Gasteiger partial charge in [0.05, 0.1) is 0 Å². The van der Waals surface area contributed by atoms with Crippen LogP contribution in [0.15, 0.2) is 29.3 Å². The number of unbranched alkanes of at least 4 members (excludes halogenated alkanes) is 2. The van der Waals surface area contributed by atoms with Crippen LogP contribution in [0.3, 0.4) is 0 Å². The average Bonchev–Trinajstić information content (AvgIpc) is 3.06. The molecule has 1 aromatic rings. The van der Waals surface area contributed by atoms with Crippen molar-refractivity contribution >= 4 is 17.8 Å². The van der Waals surface area contributed by atoms with Crippen molar-refractivity contribution in [3.8, 4) is 0 Å². The second-order valence-electron chi connectivity index (χ2n) is 9.14. The molecule has 0 aliphatic carbocycles. The Morgan fingerprint density at radius 3 is 2.59 bits per heavy atom. The number of aliphatic hydroxyl groups excluding tert-OH is 1. The third-order valence-electron chi connectivity index (χ3n) is 6.84. The van der Waals surface area contributed by atoms with E-state index in [1.807, 2.05) is 12.1 Å². The number of guanidine groups is 1. The molecule has 1 fully saturated rings. The highest BCUT2D eigenvalue weighted by molar-refractivity contribution is 6.07. The molecule has 1 atom stereocenters. The second kappa shape index (κ2) is 10.9. The van der Waals surface area contributed by atoms with Crippen molar-refractivity contribution in [1.29, 1.82) is 0 Å². The number of piperidine rings is 1. The Labute approximate surface area is 191 Å². The van der Waals surface area contributed by atoms with E-state index in [0.29, 0.717) is 32.0 Å². The van der Waals surface area contributed by atoms with Crippen LogP contribution < -0.4 is 5.73 Å². The molecule has 0 aromatic heterocycles. The lowest BCUT2D eigenvalue weighted by atomic mass is 9.83. The van der Waals surface area contributed by atoms with Crippen LogP contribution in [0, 0.1) is 5.92 Å². The van der Waals surface area contributed by atoms with Gasteiger partial charge in [-0.1, -0.05) is 57.4 Å². The Bertz CT molecular complexity index is 832. The number of hydrogen-bond acceptors (Lipinski definition) is 5.